The molecule has 8 nitrogen and oxygen atoms in total. The summed E-state index contributed by atoms with van der Waals surface area (Å²) in [5, 5.41) is 20.6. The van der Waals surface area contributed by atoms with Crippen LogP contribution in [0.1, 0.15) is 35.2 Å². The first-order valence-electron chi connectivity index (χ1n) is 9.42. The summed E-state index contributed by atoms with van der Waals surface area (Å²) in [6.07, 6.45) is 6.42. The van der Waals surface area contributed by atoms with Crippen LogP contribution in [-0.2, 0) is 17.8 Å². The van der Waals surface area contributed by atoms with Gasteiger partial charge in [-0.2, -0.15) is 0 Å². The number of hydrogen-bond acceptors (Lipinski definition) is 6. The second-order valence-corrected chi connectivity index (χ2v) is 8.29. The lowest BCUT2D eigenvalue weighted by molar-refractivity contribution is -0.121. The number of nitrogens with one attached hydrogen (secondary N) is 1. The molecule has 2 N–H and O–H groups in total. The van der Waals surface area contributed by atoms with Gasteiger partial charge in [-0.25, -0.2) is 4.79 Å². The highest BCUT2D eigenvalue weighted by atomic mass is 32.1. The number of carboxylic acids is 1. The van der Waals surface area contributed by atoms with Gasteiger partial charge in [-0.05, 0) is 30.9 Å². The van der Waals surface area contributed by atoms with Gasteiger partial charge in [0, 0.05) is 31.1 Å². The fourth-order valence-corrected chi connectivity index (χ4v) is 3.88. The summed E-state index contributed by atoms with van der Waals surface area (Å²) in [5.74, 6) is -1.04. The molecule has 2 aromatic heterocycles. The monoisotopic (exact) mass is 411 g/mol. The Balaban J connectivity index is 1.28. The van der Waals surface area contributed by atoms with E-state index >= 15 is 0 Å². The maximum atomic E-state index is 12.3. The summed E-state index contributed by atoms with van der Waals surface area (Å²) in [5.41, 5.74) is 3.52. The average molecular weight is 411 g/mol. The molecule has 2 heterocycles. The number of nitrogens with zero attached hydrogens (tertiary/aromatic N) is 4. The molecule has 1 saturated carbocycles. The smallest absolute Gasteiger partial charge is 0.335 e. The maximum Gasteiger partial charge on any atom is 0.335 e. The molecule has 3 aromatic rings. The lowest BCUT2D eigenvalue weighted by Gasteiger charge is -2.16. The SMILES string of the molecule is O=C(CCc1ccccc1C(=O)O)NCC1(Cn2cc(-c3cncs3)nn2)CC1. The summed E-state index contributed by atoms with van der Waals surface area (Å²) in [4.78, 5) is 28.6. The van der Waals surface area contributed by atoms with E-state index in [9.17, 15) is 14.7 Å². The molecular weight excluding hydrogens is 390 g/mol. The van der Waals surface area contributed by atoms with Gasteiger partial charge < -0.3 is 10.4 Å². The molecule has 9 heteroatoms. The third-order valence-electron chi connectivity index (χ3n) is 5.21. The number of hydrogen-bond donors (Lipinski definition) is 2. The van der Waals surface area contributed by atoms with Gasteiger partial charge in [0.15, 0.2) is 0 Å². The number of rotatable bonds is 9. The van der Waals surface area contributed by atoms with E-state index in [1.54, 1.807) is 36.0 Å². The van der Waals surface area contributed by atoms with Gasteiger partial charge in [0.05, 0.1) is 22.1 Å². The van der Waals surface area contributed by atoms with Crippen molar-refractivity contribution >= 4 is 23.2 Å². The molecule has 1 amide bonds. The highest BCUT2D eigenvalue weighted by Crippen LogP contribution is 2.46. The highest BCUT2D eigenvalue weighted by molar-refractivity contribution is 7.13. The number of aryl methyl sites for hydroxylation is 1. The maximum absolute atomic E-state index is 12.3. The first-order chi connectivity index (χ1) is 14.0. The van der Waals surface area contributed by atoms with Crippen molar-refractivity contribution in [1.29, 1.82) is 0 Å². The fourth-order valence-electron chi connectivity index (χ4n) is 3.31. The zero-order valence-corrected chi connectivity index (χ0v) is 16.6. The molecule has 0 bridgehead atoms. The molecule has 1 aromatic carbocycles. The van der Waals surface area contributed by atoms with Crippen molar-refractivity contribution in [3.8, 4) is 10.6 Å². The van der Waals surface area contributed by atoms with E-state index in [1.807, 2.05) is 10.9 Å². The number of benzene rings is 1. The van der Waals surface area contributed by atoms with E-state index in [0.717, 1.165) is 23.4 Å². The molecule has 4 rings (SSSR count). The van der Waals surface area contributed by atoms with Crippen LogP contribution in [-0.4, -0.2) is 43.5 Å². The van der Waals surface area contributed by atoms with Crippen LogP contribution in [0, 0.1) is 5.41 Å². The lowest BCUT2D eigenvalue weighted by atomic mass is 10.0. The minimum absolute atomic E-state index is 0.0211. The van der Waals surface area contributed by atoms with Gasteiger partial charge in [-0.3, -0.25) is 14.5 Å². The predicted octanol–water partition coefficient (Wildman–Crippen LogP) is 2.63. The van der Waals surface area contributed by atoms with E-state index in [1.165, 1.54) is 11.3 Å². The Kier molecular flexibility index (Phi) is 5.39. The second-order valence-electron chi connectivity index (χ2n) is 7.41. The van der Waals surface area contributed by atoms with Crippen LogP contribution in [0.2, 0.25) is 0 Å². The summed E-state index contributed by atoms with van der Waals surface area (Å²) < 4.78 is 1.83. The third kappa shape index (κ3) is 4.68. The Morgan fingerprint density at radius 2 is 2.10 bits per heavy atom. The Morgan fingerprint density at radius 1 is 1.28 bits per heavy atom. The minimum Gasteiger partial charge on any atom is -0.478 e. The number of aromatic nitrogens is 4. The molecule has 1 fully saturated rings. The predicted molar refractivity (Wildman–Crippen MR) is 108 cm³/mol. The Bertz CT molecular complexity index is 1010. The van der Waals surface area contributed by atoms with Crippen LogP contribution in [0.25, 0.3) is 10.6 Å². The van der Waals surface area contributed by atoms with Crippen molar-refractivity contribution in [2.45, 2.75) is 32.2 Å². The topological polar surface area (TPSA) is 110 Å². The Hall–Kier alpha value is -3.07. The van der Waals surface area contributed by atoms with Crippen LogP contribution in [0.4, 0.5) is 0 Å². The molecule has 0 saturated heterocycles. The second kappa shape index (κ2) is 8.12. The van der Waals surface area contributed by atoms with Crippen molar-refractivity contribution < 1.29 is 14.7 Å². The summed E-state index contributed by atoms with van der Waals surface area (Å²) >= 11 is 1.52. The third-order valence-corrected chi connectivity index (χ3v) is 6.00. The molecule has 150 valence electrons. The normalized spacial score (nSPS) is 14.5. The van der Waals surface area contributed by atoms with Crippen LogP contribution in [0.5, 0.6) is 0 Å². The molecule has 0 radical (unpaired) electrons. The minimum atomic E-state index is -0.969. The number of thiazole rings is 1. The molecule has 0 unspecified atom stereocenters. The highest BCUT2D eigenvalue weighted by Gasteiger charge is 2.43. The van der Waals surface area contributed by atoms with E-state index in [-0.39, 0.29) is 23.3 Å². The quantitative estimate of drug-likeness (QED) is 0.560. The van der Waals surface area contributed by atoms with Crippen LogP contribution in [0.15, 0.2) is 42.2 Å². The first-order valence-corrected chi connectivity index (χ1v) is 10.3. The van der Waals surface area contributed by atoms with E-state index in [0.29, 0.717) is 25.1 Å². The van der Waals surface area contributed by atoms with Crippen molar-refractivity contribution in [2.75, 3.05) is 6.54 Å². The largest absolute Gasteiger partial charge is 0.478 e. The fraction of sp³-hybridized carbons (Fsp3) is 0.350. The van der Waals surface area contributed by atoms with Crippen molar-refractivity contribution in [3.63, 3.8) is 0 Å². The molecule has 0 atom stereocenters. The molecule has 0 aliphatic heterocycles. The van der Waals surface area contributed by atoms with Gasteiger partial charge in [-0.15, -0.1) is 16.4 Å². The standard InChI is InChI=1S/C20H21N5O3S/c26-18(6-5-14-3-1-2-4-15(14)19(27)28)22-11-20(7-8-20)12-25-10-16(23-24-25)17-9-21-13-29-17/h1-4,9-10,13H,5-8,11-12H2,(H,22,26)(H,27,28). The van der Waals surface area contributed by atoms with Crippen LogP contribution < -0.4 is 5.32 Å². The number of carboxylic acid groups (broad SMARTS) is 1. The van der Waals surface area contributed by atoms with Crippen LogP contribution >= 0.6 is 11.3 Å². The van der Waals surface area contributed by atoms with Gasteiger partial charge in [0.2, 0.25) is 5.91 Å². The van der Waals surface area contributed by atoms with Gasteiger partial charge in [-0.1, -0.05) is 23.4 Å². The van der Waals surface area contributed by atoms with Gasteiger partial charge >= 0.3 is 5.97 Å². The molecular formula is C20H21N5O3S. The van der Waals surface area contributed by atoms with Gasteiger partial charge in [0.1, 0.15) is 5.69 Å². The number of carbonyl (C=O) groups is 2. The lowest BCUT2D eigenvalue weighted by Crippen LogP contribution is -2.32. The Morgan fingerprint density at radius 3 is 2.83 bits per heavy atom. The van der Waals surface area contributed by atoms with Crippen LogP contribution in [0.3, 0.4) is 0 Å². The summed E-state index contributed by atoms with van der Waals surface area (Å²) in [6.45, 7) is 1.29. The van der Waals surface area contributed by atoms with Crippen molar-refractivity contribution in [3.05, 3.63) is 53.3 Å². The average Bonchev–Trinajstić information content (AvgIpc) is 3.11. The molecule has 1 aliphatic rings. The molecule has 29 heavy (non-hydrogen) atoms. The van der Waals surface area contributed by atoms with Crippen molar-refractivity contribution in [2.24, 2.45) is 5.41 Å². The van der Waals surface area contributed by atoms with E-state index < -0.39 is 5.97 Å². The number of amides is 1. The molecule has 0 spiro atoms. The Labute approximate surface area is 171 Å². The summed E-state index contributed by atoms with van der Waals surface area (Å²) in [6, 6.07) is 6.80. The summed E-state index contributed by atoms with van der Waals surface area (Å²) in [7, 11) is 0. The molecule has 1 aliphatic carbocycles. The van der Waals surface area contributed by atoms with Crippen molar-refractivity contribution in [1.82, 2.24) is 25.3 Å². The van der Waals surface area contributed by atoms with E-state index in [2.05, 4.69) is 20.6 Å². The first kappa shape index (κ1) is 19.3. The van der Waals surface area contributed by atoms with E-state index in [4.69, 9.17) is 0 Å². The number of aromatic carboxylic acids is 1. The zero-order valence-electron chi connectivity index (χ0n) is 15.7. The zero-order chi connectivity index (χ0) is 20.3. The van der Waals surface area contributed by atoms with Gasteiger partial charge in [0.25, 0.3) is 0 Å². The number of carbonyl (C=O) groups excluding carboxylic acids is 1.